The highest BCUT2D eigenvalue weighted by Gasteiger charge is 2.48. The molecule has 0 amide bonds. The second kappa shape index (κ2) is 9.16. The molecule has 22 heavy (non-hydrogen) atoms. The van der Waals surface area contributed by atoms with E-state index >= 15 is 0 Å². The predicted octanol–water partition coefficient (Wildman–Crippen LogP) is 3.67. The topological polar surface area (TPSA) is 52.6 Å². The largest absolute Gasteiger partial charge is 0.465 e. The van der Waals surface area contributed by atoms with Crippen LogP contribution in [0.3, 0.4) is 0 Å². The summed E-state index contributed by atoms with van der Waals surface area (Å²) < 4.78 is 10.7. The Kier molecular flexibility index (Phi) is 8.72. The fraction of sp³-hybridized carbons (Fsp3) is 0.625. The van der Waals surface area contributed by atoms with Crippen LogP contribution in [0.5, 0.6) is 0 Å². The lowest BCUT2D eigenvalue weighted by Gasteiger charge is -2.27. The quantitative estimate of drug-likeness (QED) is 0.289. The first kappa shape index (κ1) is 20.9. The Morgan fingerprint density at radius 2 is 1.59 bits per heavy atom. The molecule has 0 aromatic heterocycles. The maximum absolute atomic E-state index is 12.4. The van der Waals surface area contributed by atoms with Crippen molar-refractivity contribution in [2.75, 3.05) is 13.2 Å². The van der Waals surface area contributed by atoms with Crippen LogP contribution in [0.15, 0.2) is 11.1 Å². The zero-order chi connectivity index (χ0) is 17.4. The van der Waals surface area contributed by atoms with Crippen LogP contribution in [-0.4, -0.2) is 33.2 Å². The standard InChI is InChI=1S/C16H25BrO4Si/c1-7-20-14(18)16(12-13(3)17,15(19)21-8-2)10-9-11-22(4,5)6/h3,7-8,10,12H2,1-2,4-6H3. The van der Waals surface area contributed by atoms with Crippen molar-refractivity contribution in [3.8, 4) is 11.5 Å². The summed E-state index contributed by atoms with van der Waals surface area (Å²) in [6, 6.07) is 0. The second-order valence-electron chi connectivity index (χ2n) is 5.95. The Hall–Kier alpha value is -1.06. The first-order valence-corrected chi connectivity index (χ1v) is 11.6. The highest BCUT2D eigenvalue weighted by molar-refractivity contribution is 9.11. The minimum atomic E-state index is -1.60. The van der Waals surface area contributed by atoms with Gasteiger partial charge in [-0.25, -0.2) is 0 Å². The zero-order valence-corrected chi connectivity index (χ0v) is 16.6. The average molecular weight is 389 g/mol. The van der Waals surface area contributed by atoms with Crippen LogP contribution in [0.1, 0.15) is 26.7 Å². The molecule has 0 aliphatic carbocycles. The number of halogens is 1. The number of hydrogen-bond donors (Lipinski definition) is 0. The highest BCUT2D eigenvalue weighted by Crippen LogP contribution is 2.35. The first-order valence-electron chi connectivity index (χ1n) is 7.26. The molecule has 0 spiro atoms. The van der Waals surface area contributed by atoms with Crippen LogP contribution in [0.2, 0.25) is 19.6 Å². The van der Waals surface area contributed by atoms with Crippen LogP contribution >= 0.6 is 15.9 Å². The SMILES string of the molecule is C=C(Br)CC(CC#C[Si](C)(C)C)(C(=O)OCC)C(=O)OCC. The van der Waals surface area contributed by atoms with Gasteiger partial charge in [-0.05, 0) is 18.3 Å². The van der Waals surface area contributed by atoms with Crippen LogP contribution in [0, 0.1) is 16.9 Å². The lowest BCUT2D eigenvalue weighted by molar-refractivity contribution is -0.171. The van der Waals surface area contributed by atoms with Gasteiger partial charge >= 0.3 is 11.9 Å². The van der Waals surface area contributed by atoms with E-state index in [4.69, 9.17) is 9.47 Å². The Labute approximate surface area is 142 Å². The molecule has 0 aromatic carbocycles. The van der Waals surface area contributed by atoms with E-state index < -0.39 is 25.4 Å². The first-order chi connectivity index (χ1) is 10.1. The number of rotatable bonds is 7. The van der Waals surface area contributed by atoms with Gasteiger partial charge in [0.15, 0.2) is 5.41 Å². The Morgan fingerprint density at radius 3 is 1.91 bits per heavy atom. The summed E-state index contributed by atoms with van der Waals surface area (Å²) in [5, 5.41) is 0. The van der Waals surface area contributed by atoms with Crippen molar-refractivity contribution in [2.45, 2.75) is 46.3 Å². The molecule has 6 heteroatoms. The van der Waals surface area contributed by atoms with Crippen molar-refractivity contribution in [3.05, 3.63) is 11.1 Å². The molecule has 0 unspecified atom stereocenters. The number of ether oxygens (including phenoxy) is 2. The second-order valence-corrected chi connectivity index (χ2v) is 11.8. The van der Waals surface area contributed by atoms with Gasteiger partial charge in [0.2, 0.25) is 0 Å². The van der Waals surface area contributed by atoms with Gasteiger partial charge in [-0.3, -0.25) is 9.59 Å². The van der Waals surface area contributed by atoms with Crippen molar-refractivity contribution >= 4 is 35.9 Å². The number of carbonyl (C=O) groups is 2. The fourth-order valence-electron chi connectivity index (χ4n) is 1.76. The van der Waals surface area contributed by atoms with E-state index in [0.717, 1.165) is 0 Å². The molecule has 0 heterocycles. The Morgan fingerprint density at radius 1 is 1.14 bits per heavy atom. The predicted molar refractivity (Wildman–Crippen MR) is 94.1 cm³/mol. The van der Waals surface area contributed by atoms with Gasteiger partial charge in [-0.1, -0.05) is 42.1 Å². The number of carbonyl (C=O) groups excluding carboxylic acids is 2. The van der Waals surface area contributed by atoms with Crippen molar-refractivity contribution in [2.24, 2.45) is 5.41 Å². The molecular formula is C16H25BrO4Si. The summed E-state index contributed by atoms with van der Waals surface area (Å²) in [6.07, 6.45) is 0.171. The molecule has 124 valence electrons. The smallest absolute Gasteiger partial charge is 0.324 e. The van der Waals surface area contributed by atoms with Gasteiger partial charge in [0.1, 0.15) is 8.07 Å². The molecule has 0 saturated carbocycles. The summed E-state index contributed by atoms with van der Waals surface area (Å²) in [4.78, 5) is 24.9. The van der Waals surface area contributed by atoms with Crippen LogP contribution < -0.4 is 0 Å². The molecule has 0 rings (SSSR count). The summed E-state index contributed by atoms with van der Waals surface area (Å²) in [6.45, 7) is 13.8. The van der Waals surface area contributed by atoms with Crippen LogP contribution in [0.25, 0.3) is 0 Å². The zero-order valence-electron chi connectivity index (χ0n) is 14.0. The summed E-state index contributed by atoms with van der Waals surface area (Å²) in [5.41, 5.74) is 1.71. The van der Waals surface area contributed by atoms with E-state index in [1.807, 2.05) is 0 Å². The van der Waals surface area contributed by atoms with E-state index in [1.165, 1.54) is 0 Å². The molecule has 0 aromatic rings. The summed E-state index contributed by atoms with van der Waals surface area (Å²) >= 11 is 3.23. The van der Waals surface area contributed by atoms with Gasteiger partial charge in [0, 0.05) is 12.8 Å². The van der Waals surface area contributed by atoms with Gasteiger partial charge < -0.3 is 9.47 Å². The lowest BCUT2D eigenvalue weighted by atomic mass is 9.81. The summed E-state index contributed by atoms with van der Waals surface area (Å²) in [7, 11) is -1.60. The Bertz CT molecular complexity index is 465. The van der Waals surface area contributed by atoms with Crippen molar-refractivity contribution in [1.29, 1.82) is 0 Å². The number of esters is 2. The highest BCUT2D eigenvalue weighted by atomic mass is 79.9. The third-order valence-corrected chi connectivity index (χ3v) is 3.89. The lowest BCUT2D eigenvalue weighted by Crippen LogP contribution is -2.42. The van der Waals surface area contributed by atoms with E-state index in [1.54, 1.807) is 13.8 Å². The van der Waals surface area contributed by atoms with E-state index in [2.05, 4.69) is 53.6 Å². The maximum atomic E-state index is 12.4. The number of allylic oxidation sites excluding steroid dienone is 1. The molecule has 4 nitrogen and oxygen atoms in total. The molecule has 0 aliphatic heterocycles. The molecule has 0 radical (unpaired) electrons. The molecule has 0 aliphatic rings. The average Bonchev–Trinajstić information content (AvgIpc) is 2.35. The molecule has 0 N–H and O–H groups in total. The van der Waals surface area contributed by atoms with E-state index in [9.17, 15) is 9.59 Å². The number of hydrogen-bond acceptors (Lipinski definition) is 4. The van der Waals surface area contributed by atoms with Crippen molar-refractivity contribution < 1.29 is 19.1 Å². The van der Waals surface area contributed by atoms with Gasteiger partial charge in [0.25, 0.3) is 0 Å². The van der Waals surface area contributed by atoms with Gasteiger partial charge in [-0.2, -0.15) is 0 Å². The van der Waals surface area contributed by atoms with Crippen molar-refractivity contribution in [1.82, 2.24) is 0 Å². The monoisotopic (exact) mass is 388 g/mol. The minimum absolute atomic E-state index is 0.0690. The molecule has 0 bridgehead atoms. The third-order valence-electron chi connectivity index (χ3n) is 2.68. The van der Waals surface area contributed by atoms with Gasteiger partial charge in [-0.15, -0.1) is 11.5 Å². The van der Waals surface area contributed by atoms with Crippen LogP contribution in [-0.2, 0) is 19.1 Å². The Balaban J connectivity index is 5.71. The molecular weight excluding hydrogens is 364 g/mol. The summed E-state index contributed by atoms with van der Waals surface area (Å²) in [5.74, 6) is 1.77. The minimum Gasteiger partial charge on any atom is -0.465 e. The molecule has 0 fully saturated rings. The van der Waals surface area contributed by atoms with Crippen LogP contribution in [0.4, 0.5) is 0 Å². The third kappa shape index (κ3) is 6.80. The normalized spacial score (nSPS) is 11.2. The van der Waals surface area contributed by atoms with Crippen molar-refractivity contribution in [3.63, 3.8) is 0 Å². The maximum Gasteiger partial charge on any atom is 0.324 e. The van der Waals surface area contributed by atoms with Gasteiger partial charge in [0.05, 0.1) is 13.2 Å². The van der Waals surface area contributed by atoms with E-state index in [0.29, 0.717) is 4.48 Å². The fourth-order valence-corrected chi connectivity index (χ4v) is 2.86. The molecule has 0 atom stereocenters. The van der Waals surface area contributed by atoms with E-state index in [-0.39, 0.29) is 26.1 Å². The molecule has 0 saturated heterocycles.